The zero-order valence-corrected chi connectivity index (χ0v) is 49.2. The summed E-state index contributed by atoms with van der Waals surface area (Å²) in [6.45, 7) is 6.38. The van der Waals surface area contributed by atoms with Crippen molar-refractivity contribution in [2.45, 2.75) is 277 Å². The minimum absolute atomic E-state index is 0.0966. The van der Waals surface area contributed by atoms with Gasteiger partial charge in [-0.15, -0.1) is 0 Å². The summed E-state index contributed by atoms with van der Waals surface area (Å²) in [7, 11) is 0. The van der Waals surface area contributed by atoms with E-state index in [1.807, 2.05) is 0 Å². The van der Waals surface area contributed by atoms with Gasteiger partial charge in [0.25, 0.3) is 0 Å². The number of esters is 3. The van der Waals surface area contributed by atoms with Crippen LogP contribution in [0.25, 0.3) is 0 Å². The van der Waals surface area contributed by atoms with E-state index in [0.29, 0.717) is 19.3 Å². The van der Waals surface area contributed by atoms with E-state index in [0.717, 1.165) is 161 Å². The Hall–Kier alpha value is -4.45. The fourth-order valence-corrected chi connectivity index (χ4v) is 8.25. The minimum Gasteiger partial charge on any atom is -0.462 e. The van der Waals surface area contributed by atoms with Gasteiger partial charge >= 0.3 is 17.9 Å². The van der Waals surface area contributed by atoms with Gasteiger partial charge in [0.2, 0.25) is 0 Å². The number of hydrogen-bond donors (Lipinski definition) is 0. The third-order valence-electron chi connectivity index (χ3n) is 12.9. The van der Waals surface area contributed by atoms with Crippen molar-refractivity contribution in [2.75, 3.05) is 13.2 Å². The van der Waals surface area contributed by atoms with Gasteiger partial charge in [-0.2, -0.15) is 0 Å². The first-order chi connectivity index (χ1) is 37.5. The van der Waals surface area contributed by atoms with Crippen molar-refractivity contribution in [3.63, 3.8) is 0 Å². The maximum Gasteiger partial charge on any atom is 0.306 e. The SMILES string of the molecule is CC/C=C\C/C=C\C/C=C\C/C=C\C/C=C\C/C=C\CCCCCCCCC(=O)OCC(COC(=O)CCCCCCC/C=C\CCCCCCC)OC(=O)CCCCCCCC/C=C\C/C=C\C/C=C\C/C=C\CC. The number of ether oxygens (including phenoxy) is 3. The van der Waals surface area contributed by atoms with E-state index in [4.69, 9.17) is 14.2 Å². The van der Waals surface area contributed by atoms with E-state index < -0.39 is 6.10 Å². The van der Waals surface area contributed by atoms with Crippen LogP contribution in [0.15, 0.2) is 134 Å². The molecule has 0 aliphatic heterocycles. The molecule has 0 N–H and O–H groups in total. The lowest BCUT2D eigenvalue weighted by Crippen LogP contribution is -2.30. The average Bonchev–Trinajstić information content (AvgIpc) is 3.42. The second kappa shape index (κ2) is 63.1. The smallest absolute Gasteiger partial charge is 0.306 e. The molecule has 76 heavy (non-hydrogen) atoms. The summed E-state index contributed by atoms with van der Waals surface area (Å²) < 4.78 is 16.9. The van der Waals surface area contributed by atoms with Crippen molar-refractivity contribution in [1.82, 2.24) is 0 Å². The lowest BCUT2D eigenvalue weighted by atomic mass is 10.1. The highest BCUT2D eigenvalue weighted by atomic mass is 16.6. The Labute approximate surface area is 468 Å². The molecule has 0 amide bonds. The van der Waals surface area contributed by atoms with E-state index in [-0.39, 0.29) is 31.1 Å². The topological polar surface area (TPSA) is 78.9 Å². The van der Waals surface area contributed by atoms with Gasteiger partial charge in [-0.3, -0.25) is 14.4 Å². The summed E-state index contributed by atoms with van der Waals surface area (Å²) in [5.41, 5.74) is 0. The second-order valence-corrected chi connectivity index (χ2v) is 20.2. The highest BCUT2D eigenvalue weighted by molar-refractivity contribution is 5.71. The van der Waals surface area contributed by atoms with Crippen LogP contribution in [0.3, 0.4) is 0 Å². The zero-order chi connectivity index (χ0) is 55.0. The number of carbonyl (C=O) groups excluding carboxylic acids is 3. The van der Waals surface area contributed by atoms with Crippen molar-refractivity contribution in [1.29, 1.82) is 0 Å². The van der Waals surface area contributed by atoms with E-state index in [1.165, 1.54) is 70.6 Å². The second-order valence-electron chi connectivity index (χ2n) is 20.2. The van der Waals surface area contributed by atoms with Crippen molar-refractivity contribution in [3.8, 4) is 0 Å². The van der Waals surface area contributed by atoms with E-state index in [9.17, 15) is 14.4 Å². The van der Waals surface area contributed by atoms with E-state index in [1.54, 1.807) is 0 Å². The standard InChI is InChI=1S/C70H114O6/c1-4-7-10-13-16-19-22-25-28-30-32-33-34-35-36-37-39-40-42-45-48-51-54-57-60-63-69(72)75-66-67(65-74-68(71)62-59-56-53-50-47-44-27-24-21-18-15-12-9-6-3)76-70(73)64-61-58-55-52-49-46-43-41-38-31-29-26-23-20-17-14-11-8-5-2/h7-8,10-11,16-17,19-20,24-29,32-33,35-36,38-41,67H,4-6,9,12-15,18,21-23,30-31,34,37,42-66H2,1-3H3/b10-7-,11-8-,19-16-,20-17-,27-24-,28-25-,29-26-,33-32-,36-35-,40-39-,41-38-. The van der Waals surface area contributed by atoms with Gasteiger partial charge in [-0.05, 0) is 135 Å². The van der Waals surface area contributed by atoms with Gasteiger partial charge < -0.3 is 14.2 Å². The van der Waals surface area contributed by atoms with Crippen molar-refractivity contribution < 1.29 is 28.6 Å². The lowest BCUT2D eigenvalue weighted by Gasteiger charge is -2.18. The average molecular weight is 1050 g/mol. The van der Waals surface area contributed by atoms with Gasteiger partial charge in [0.1, 0.15) is 13.2 Å². The molecule has 0 aliphatic carbocycles. The molecule has 0 aromatic rings. The Morgan fingerprint density at radius 2 is 0.513 bits per heavy atom. The fraction of sp³-hybridized carbons (Fsp3) is 0.643. The van der Waals surface area contributed by atoms with Crippen LogP contribution < -0.4 is 0 Å². The molecular weight excluding hydrogens is 937 g/mol. The molecule has 1 unspecified atom stereocenters. The van der Waals surface area contributed by atoms with Crippen LogP contribution >= 0.6 is 0 Å². The zero-order valence-electron chi connectivity index (χ0n) is 49.2. The molecule has 0 heterocycles. The van der Waals surface area contributed by atoms with Gasteiger partial charge in [0.05, 0.1) is 0 Å². The summed E-state index contributed by atoms with van der Waals surface area (Å²) in [4.78, 5) is 38.3. The van der Waals surface area contributed by atoms with Crippen LogP contribution in [-0.2, 0) is 28.6 Å². The Kier molecular flexibility index (Phi) is 59.4. The quantitative estimate of drug-likeness (QED) is 0.0261. The van der Waals surface area contributed by atoms with Gasteiger partial charge in [0.15, 0.2) is 6.10 Å². The maximum atomic E-state index is 12.9. The Balaban J connectivity index is 4.44. The van der Waals surface area contributed by atoms with Crippen molar-refractivity contribution in [3.05, 3.63) is 134 Å². The van der Waals surface area contributed by atoms with E-state index in [2.05, 4.69) is 154 Å². The van der Waals surface area contributed by atoms with Crippen molar-refractivity contribution in [2.24, 2.45) is 0 Å². The van der Waals surface area contributed by atoms with Crippen LogP contribution in [0.5, 0.6) is 0 Å². The van der Waals surface area contributed by atoms with Crippen LogP contribution in [0.1, 0.15) is 271 Å². The number of rotatable bonds is 55. The minimum atomic E-state index is -0.802. The van der Waals surface area contributed by atoms with E-state index >= 15 is 0 Å². The summed E-state index contributed by atoms with van der Waals surface area (Å²) in [6, 6.07) is 0. The highest BCUT2D eigenvalue weighted by Gasteiger charge is 2.19. The van der Waals surface area contributed by atoms with Gasteiger partial charge in [0, 0.05) is 19.3 Å². The molecule has 0 radical (unpaired) electrons. The Morgan fingerprint density at radius 3 is 0.816 bits per heavy atom. The highest BCUT2D eigenvalue weighted by Crippen LogP contribution is 2.14. The molecule has 0 spiro atoms. The molecule has 0 saturated heterocycles. The van der Waals surface area contributed by atoms with Crippen LogP contribution in [-0.4, -0.2) is 37.2 Å². The summed E-state index contributed by atoms with van der Waals surface area (Å²) in [6.07, 6.45) is 88.7. The number of hydrogen-bond acceptors (Lipinski definition) is 6. The molecule has 1 atom stereocenters. The molecular formula is C70H114O6. The Morgan fingerprint density at radius 1 is 0.276 bits per heavy atom. The van der Waals surface area contributed by atoms with Crippen LogP contribution in [0.2, 0.25) is 0 Å². The first-order valence-electron chi connectivity index (χ1n) is 31.2. The molecule has 0 rings (SSSR count). The molecule has 0 aliphatic rings. The molecule has 0 aromatic heterocycles. The number of carbonyl (C=O) groups is 3. The normalized spacial score (nSPS) is 13.0. The predicted molar refractivity (Wildman–Crippen MR) is 329 cm³/mol. The summed E-state index contributed by atoms with van der Waals surface area (Å²) in [5.74, 6) is -0.933. The molecule has 0 bridgehead atoms. The predicted octanol–water partition coefficient (Wildman–Crippen LogP) is 21.4. The fourth-order valence-electron chi connectivity index (χ4n) is 8.25. The number of allylic oxidation sites excluding steroid dienone is 22. The molecule has 430 valence electrons. The van der Waals surface area contributed by atoms with Crippen molar-refractivity contribution >= 4 is 17.9 Å². The molecule has 0 aromatic carbocycles. The summed E-state index contributed by atoms with van der Waals surface area (Å²) in [5, 5.41) is 0. The summed E-state index contributed by atoms with van der Waals surface area (Å²) >= 11 is 0. The monoisotopic (exact) mass is 1050 g/mol. The number of unbranched alkanes of at least 4 members (excludes halogenated alkanes) is 22. The molecule has 0 fully saturated rings. The maximum absolute atomic E-state index is 12.9. The molecule has 6 nitrogen and oxygen atoms in total. The third-order valence-corrected chi connectivity index (χ3v) is 12.9. The first-order valence-corrected chi connectivity index (χ1v) is 31.2. The third kappa shape index (κ3) is 60.4. The van der Waals surface area contributed by atoms with Crippen LogP contribution in [0, 0.1) is 0 Å². The Bertz CT molecular complexity index is 1630. The van der Waals surface area contributed by atoms with Gasteiger partial charge in [-0.25, -0.2) is 0 Å². The molecule has 6 heteroatoms. The largest absolute Gasteiger partial charge is 0.462 e. The van der Waals surface area contributed by atoms with Crippen LogP contribution in [0.4, 0.5) is 0 Å². The first kappa shape index (κ1) is 71.5. The molecule has 0 saturated carbocycles. The lowest BCUT2D eigenvalue weighted by molar-refractivity contribution is -0.167. The van der Waals surface area contributed by atoms with Gasteiger partial charge in [-0.1, -0.05) is 251 Å².